The van der Waals surface area contributed by atoms with E-state index in [2.05, 4.69) is 5.10 Å². The van der Waals surface area contributed by atoms with E-state index in [0.29, 0.717) is 13.2 Å². The van der Waals surface area contributed by atoms with Crippen molar-refractivity contribution < 1.29 is 9.53 Å². The first-order valence-electron chi connectivity index (χ1n) is 7.44. The SMILES string of the molecule is CCO[C@H]1CCCN(C(=O)c2cc3c(C)nn(C)c3s2)C1. The second-order valence-corrected chi connectivity index (χ2v) is 6.54. The highest BCUT2D eigenvalue weighted by molar-refractivity contribution is 7.20. The molecular weight excluding hydrogens is 286 g/mol. The Hall–Kier alpha value is -1.40. The van der Waals surface area contributed by atoms with E-state index in [-0.39, 0.29) is 12.0 Å². The van der Waals surface area contributed by atoms with E-state index in [4.69, 9.17) is 4.74 Å². The largest absolute Gasteiger partial charge is 0.377 e. The van der Waals surface area contributed by atoms with Crippen molar-refractivity contribution in [1.29, 1.82) is 0 Å². The number of aryl methyl sites for hydroxylation is 2. The summed E-state index contributed by atoms with van der Waals surface area (Å²) in [5.74, 6) is 0.125. The monoisotopic (exact) mass is 307 g/mol. The van der Waals surface area contributed by atoms with Crippen LogP contribution in [0.2, 0.25) is 0 Å². The van der Waals surface area contributed by atoms with E-state index in [1.165, 1.54) is 11.3 Å². The zero-order chi connectivity index (χ0) is 15.0. The van der Waals surface area contributed by atoms with Crippen LogP contribution < -0.4 is 0 Å². The smallest absolute Gasteiger partial charge is 0.264 e. The van der Waals surface area contributed by atoms with Gasteiger partial charge in [-0.2, -0.15) is 5.10 Å². The molecule has 1 atom stereocenters. The summed E-state index contributed by atoms with van der Waals surface area (Å²) in [6.07, 6.45) is 2.25. The predicted molar refractivity (Wildman–Crippen MR) is 83.9 cm³/mol. The molecule has 0 aliphatic carbocycles. The molecule has 2 aromatic rings. The van der Waals surface area contributed by atoms with Gasteiger partial charge in [-0.1, -0.05) is 0 Å². The van der Waals surface area contributed by atoms with Crippen LogP contribution in [-0.2, 0) is 11.8 Å². The van der Waals surface area contributed by atoms with Gasteiger partial charge in [-0.3, -0.25) is 9.48 Å². The zero-order valence-electron chi connectivity index (χ0n) is 12.8. The molecule has 0 N–H and O–H groups in total. The Morgan fingerprint density at radius 2 is 2.38 bits per heavy atom. The van der Waals surface area contributed by atoms with E-state index in [9.17, 15) is 4.79 Å². The Kier molecular flexibility index (Phi) is 3.99. The Labute approximate surface area is 128 Å². The van der Waals surface area contributed by atoms with E-state index in [0.717, 1.165) is 40.2 Å². The predicted octanol–water partition coefficient (Wildman–Crippen LogP) is 2.58. The molecule has 0 saturated carbocycles. The van der Waals surface area contributed by atoms with Crippen LogP contribution in [0.1, 0.15) is 35.1 Å². The highest BCUT2D eigenvalue weighted by atomic mass is 32.1. The number of rotatable bonds is 3. The summed E-state index contributed by atoms with van der Waals surface area (Å²) >= 11 is 1.53. The summed E-state index contributed by atoms with van der Waals surface area (Å²) < 4.78 is 7.53. The van der Waals surface area contributed by atoms with Crippen molar-refractivity contribution in [1.82, 2.24) is 14.7 Å². The fraction of sp³-hybridized carbons (Fsp3) is 0.600. The van der Waals surface area contributed by atoms with Crippen molar-refractivity contribution in [3.63, 3.8) is 0 Å². The van der Waals surface area contributed by atoms with E-state index < -0.39 is 0 Å². The number of nitrogens with zero attached hydrogens (tertiary/aromatic N) is 3. The minimum atomic E-state index is 0.125. The highest BCUT2D eigenvalue weighted by Gasteiger charge is 2.26. The highest BCUT2D eigenvalue weighted by Crippen LogP contribution is 2.29. The molecule has 1 aliphatic heterocycles. The third kappa shape index (κ3) is 2.70. The van der Waals surface area contributed by atoms with E-state index in [1.54, 1.807) is 0 Å². The molecule has 21 heavy (non-hydrogen) atoms. The number of aromatic nitrogens is 2. The number of amides is 1. The van der Waals surface area contributed by atoms with Gasteiger partial charge in [-0.25, -0.2) is 0 Å². The average Bonchev–Trinajstić information content (AvgIpc) is 3.01. The van der Waals surface area contributed by atoms with Crippen LogP contribution in [0.3, 0.4) is 0 Å². The zero-order valence-corrected chi connectivity index (χ0v) is 13.6. The molecule has 1 saturated heterocycles. The third-order valence-corrected chi connectivity index (χ3v) is 5.16. The van der Waals surface area contributed by atoms with Gasteiger partial charge in [0.2, 0.25) is 0 Å². The van der Waals surface area contributed by atoms with Crippen LogP contribution in [0, 0.1) is 6.92 Å². The van der Waals surface area contributed by atoms with Crippen molar-refractivity contribution in [3.8, 4) is 0 Å². The summed E-state index contributed by atoms with van der Waals surface area (Å²) in [4.78, 5) is 16.5. The standard InChI is InChI=1S/C15H21N3O2S/c1-4-20-11-6-5-7-18(9-11)14(19)13-8-12-10(2)16-17(3)15(12)21-13/h8,11H,4-7,9H2,1-3H3/t11-/m0/s1. The summed E-state index contributed by atoms with van der Waals surface area (Å²) in [5.41, 5.74) is 0.980. The van der Waals surface area contributed by atoms with Crippen LogP contribution in [0.4, 0.5) is 0 Å². The fourth-order valence-corrected chi connectivity index (χ4v) is 4.05. The molecule has 3 heterocycles. The molecule has 1 amide bonds. The first-order valence-corrected chi connectivity index (χ1v) is 8.25. The molecular formula is C15H21N3O2S. The van der Waals surface area contributed by atoms with Crippen molar-refractivity contribution in [3.05, 3.63) is 16.6 Å². The first kappa shape index (κ1) is 14.5. The quantitative estimate of drug-likeness (QED) is 0.875. The van der Waals surface area contributed by atoms with Gasteiger partial charge in [0.05, 0.1) is 16.7 Å². The van der Waals surface area contributed by atoms with Gasteiger partial charge in [-0.05, 0) is 32.8 Å². The van der Waals surface area contributed by atoms with Gasteiger partial charge in [0.1, 0.15) is 4.83 Å². The molecule has 1 aliphatic rings. The van der Waals surface area contributed by atoms with Crippen molar-refractivity contribution >= 4 is 27.5 Å². The molecule has 0 radical (unpaired) electrons. The lowest BCUT2D eigenvalue weighted by Gasteiger charge is -2.32. The van der Waals surface area contributed by atoms with Crippen LogP contribution in [0.15, 0.2) is 6.07 Å². The normalized spacial score (nSPS) is 19.4. The number of carbonyl (C=O) groups excluding carboxylic acids is 1. The lowest BCUT2D eigenvalue weighted by Crippen LogP contribution is -2.43. The molecule has 2 aromatic heterocycles. The summed E-state index contributed by atoms with van der Waals surface area (Å²) in [5, 5.41) is 5.47. The minimum absolute atomic E-state index is 0.125. The maximum absolute atomic E-state index is 12.7. The molecule has 0 bridgehead atoms. The topological polar surface area (TPSA) is 47.4 Å². The van der Waals surface area contributed by atoms with Crippen molar-refractivity contribution in [2.75, 3.05) is 19.7 Å². The number of likely N-dealkylation sites (tertiary alicyclic amines) is 1. The summed E-state index contributed by atoms with van der Waals surface area (Å²) in [6, 6.07) is 1.98. The number of ether oxygens (including phenoxy) is 1. The lowest BCUT2D eigenvalue weighted by molar-refractivity contribution is 0.00742. The molecule has 5 nitrogen and oxygen atoms in total. The maximum Gasteiger partial charge on any atom is 0.264 e. The van der Waals surface area contributed by atoms with E-state index >= 15 is 0 Å². The van der Waals surface area contributed by atoms with Gasteiger partial charge in [0.25, 0.3) is 5.91 Å². The molecule has 0 unspecified atom stereocenters. The Bertz CT molecular complexity index is 625. The molecule has 1 fully saturated rings. The lowest BCUT2D eigenvalue weighted by atomic mass is 10.1. The molecule has 0 aromatic carbocycles. The van der Waals surface area contributed by atoms with Gasteiger partial charge >= 0.3 is 0 Å². The van der Waals surface area contributed by atoms with Crippen molar-refractivity contribution in [2.24, 2.45) is 7.05 Å². The number of hydrogen-bond donors (Lipinski definition) is 0. The van der Waals surface area contributed by atoms with Crippen molar-refractivity contribution in [2.45, 2.75) is 32.8 Å². The molecule has 6 heteroatoms. The van der Waals surface area contributed by atoms with Gasteiger partial charge in [-0.15, -0.1) is 11.3 Å². The summed E-state index contributed by atoms with van der Waals surface area (Å²) in [7, 11) is 1.92. The van der Waals surface area contributed by atoms with Gasteiger partial charge in [0.15, 0.2) is 0 Å². The second kappa shape index (κ2) is 5.77. The van der Waals surface area contributed by atoms with Crippen LogP contribution >= 0.6 is 11.3 Å². The second-order valence-electron chi connectivity index (χ2n) is 5.51. The molecule has 114 valence electrons. The maximum atomic E-state index is 12.7. The third-order valence-electron chi connectivity index (χ3n) is 3.97. The number of piperidine rings is 1. The number of carbonyl (C=O) groups is 1. The summed E-state index contributed by atoms with van der Waals surface area (Å²) in [6.45, 7) is 6.23. The Morgan fingerprint density at radius 3 is 3.10 bits per heavy atom. The van der Waals surface area contributed by atoms with Crippen LogP contribution in [0.25, 0.3) is 10.2 Å². The fourth-order valence-electron chi connectivity index (χ4n) is 2.96. The Morgan fingerprint density at radius 1 is 1.57 bits per heavy atom. The molecule has 0 spiro atoms. The van der Waals surface area contributed by atoms with Crippen LogP contribution in [0.5, 0.6) is 0 Å². The number of hydrogen-bond acceptors (Lipinski definition) is 4. The Balaban J connectivity index is 1.81. The minimum Gasteiger partial charge on any atom is -0.377 e. The first-order chi connectivity index (χ1) is 10.1. The number of fused-ring (bicyclic) bond motifs is 1. The van der Waals surface area contributed by atoms with E-state index in [1.807, 2.05) is 36.5 Å². The molecule has 3 rings (SSSR count). The van der Waals surface area contributed by atoms with Gasteiger partial charge in [0, 0.05) is 32.1 Å². The van der Waals surface area contributed by atoms with Crippen LogP contribution in [-0.4, -0.2) is 46.4 Å². The number of thiophene rings is 1. The average molecular weight is 307 g/mol. The van der Waals surface area contributed by atoms with Gasteiger partial charge < -0.3 is 9.64 Å².